The van der Waals surface area contributed by atoms with Crippen LogP contribution in [-0.2, 0) is 6.18 Å². The molecule has 1 unspecified atom stereocenters. The first-order chi connectivity index (χ1) is 10.8. The van der Waals surface area contributed by atoms with Gasteiger partial charge in [0, 0.05) is 29.6 Å². The fraction of sp³-hybridized carbons (Fsp3) is 0.500. The molecule has 0 aromatic carbocycles. The zero-order valence-corrected chi connectivity index (χ0v) is 13.1. The van der Waals surface area contributed by atoms with Gasteiger partial charge in [0.15, 0.2) is 0 Å². The SMILES string of the molecule is Cc1c(-c2ccc(C(O)N3CC[C@@H](N)C3)s2)noc1C(F)(F)F. The molecule has 0 radical (unpaired) electrons. The second kappa shape index (κ2) is 5.90. The molecular formula is C14H16F3N3O2S. The minimum absolute atomic E-state index is 0.0382. The van der Waals surface area contributed by atoms with Crippen LogP contribution in [0.25, 0.3) is 10.6 Å². The maximum absolute atomic E-state index is 12.8. The Labute approximate surface area is 134 Å². The predicted octanol–water partition coefficient (Wildman–Crippen LogP) is 2.75. The van der Waals surface area contributed by atoms with Crippen molar-refractivity contribution < 1.29 is 22.8 Å². The number of likely N-dealkylation sites (tertiary alicyclic amines) is 1. The van der Waals surface area contributed by atoms with Crippen molar-refractivity contribution in [1.82, 2.24) is 10.1 Å². The zero-order chi connectivity index (χ0) is 16.8. The number of rotatable bonds is 3. The molecular weight excluding hydrogens is 331 g/mol. The van der Waals surface area contributed by atoms with Gasteiger partial charge in [0.05, 0.1) is 4.88 Å². The van der Waals surface area contributed by atoms with E-state index in [1.807, 2.05) is 4.90 Å². The van der Waals surface area contributed by atoms with Crippen LogP contribution in [0, 0.1) is 6.92 Å². The summed E-state index contributed by atoms with van der Waals surface area (Å²) in [6, 6.07) is 3.37. The van der Waals surface area contributed by atoms with Gasteiger partial charge in [0.2, 0.25) is 5.76 Å². The third kappa shape index (κ3) is 3.14. The molecule has 3 rings (SSSR count). The average molecular weight is 347 g/mol. The van der Waals surface area contributed by atoms with Gasteiger partial charge < -0.3 is 15.4 Å². The van der Waals surface area contributed by atoms with Crippen molar-refractivity contribution in [2.24, 2.45) is 5.73 Å². The summed E-state index contributed by atoms with van der Waals surface area (Å²) in [5.74, 6) is -1.09. The van der Waals surface area contributed by atoms with Crippen LogP contribution in [0.5, 0.6) is 0 Å². The molecule has 1 aliphatic heterocycles. The largest absolute Gasteiger partial charge is 0.452 e. The maximum atomic E-state index is 12.8. The van der Waals surface area contributed by atoms with E-state index in [2.05, 4.69) is 9.68 Å². The summed E-state index contributed by atoms with van der Waals surface area (Å²) < 4.78 is 42.7. The minimum atomic E-state index is -4.57. The van der Waals surface area contributed by atoms with E-state index in [1.54, 1.807) is 12.1 Å². The molecule has 0 bridgehead atoms. The Morgan fingerprint density at radius 1 is 1.48 bits per heavy atom. The van der Waals surface area contributed by atoms with E-state index in [1.165, 1.54) is 18.3 Å². The summed E-state index contributed by atoms with van der Waals surface area (Å²) in [6.07, 6.45) is -4.57. The summed E-state index contributed by atoms with van der Waals surface area (Å²) in [4.78, 5) is 3.02. The Morgan fingerprint density at radius 3 is 2.78 bits per heavy atom. The van der Waals surface area contributed by atoms with Gasteiger partial charge >= 0.3 is 6.18 Å². The topological polar surface area (TPSA) is 75.5 Å². The second-order valence-electron chi connectivity index (χ2n) is 5.60. The lowest BCUT2D eigenvalue weighted by molar-refractivity contribution is -0.156. The molecule has 2 aromatic heterocycles. The van der Waals surface area contributed by atoms with Crippen molar-refractivity contribution in [2.75, 3.05) is 13.1 Å². The van der Waals surface area contributed by atoms with E-state index in [0.717, 1.165) is 6.42 Å². The predicted molar refractivity (Wildman–Crippen MR) is 78.7 cm³/mol. The van der Waals surface area contributed by atoms with Crippen LogP contribution in [-0.4, -0.2) is 34.3 Å². The number of aliphatic hydroxyl groups is 1. The lowest BCUT2D eigenvalue weighted by Gasteiger charge is -2.21. The molecule has 5 nitrogen and oxygen atoms in total. The van der Waals surface area contributed by atoms with E-state index in [0.29, 0.717) is 22.8 Å². The van der Waals surface area contributed by atoms with E-state index in [4.69, 9.17) is 5.73 Å². The third-order valence-electron chi connectivity index (χ3n) is 3.90. The Hall–Kier alpha value is -1.42. The quantitative estimate of drug-likeness (QED) is 0.893. The van der Waals surface area contributed by atoms with Crippen molar-refractivity contribution in [1.29, 1.82) is 0 Å². The number of alkyl halides is 3. The van der Waals surface area contributed by atoms with Crippen LogP contribution in [0.15, 0.2) is 16.7 Å². The van der Waals surface area contributed by atoms with Gasteiger partial charge in [-0.15, -0.1) is 11.3 Å². The van der Waals surface area contributed by atoms with Gasteiger partial charge in [0.1, 0.15) is 11.9 Å². The maximum Gasteiger partial charge on any atom is 0.452 e. The monoisotopic (exact) mass is 347 g/mol. The molecule has 3 N–H and O–H groups in total. The highest BCUT2D eigenvalue weighted by Gasteiger charge is 2.39. The zero-order valence-electron chi connectivity index (χ0n) is 12.3. The number of aromatic nitrogens is 1. The smallest absolute Gasteiger partial charge is 0.373 e. The van der Waals surface area contributed by atoms with E-state index < -0.39 is 18.2 Å². The number of nitrogens with zero attached hydrogens (tertiary/aromatic N) is 2. The van der Waals surface area contributed by atoms with E-state index >= 15 is 0 Å². The highest BCUT2D eigenvalue weighted by atomic mass is 32.1. The molecule has 1 saturated heterocycles. The number of hydrogen-bond donors (Lipinski definition) is 2. The molecule has 3 heterocycles. The van der Waals surface area contributed by atoms with Gasteiger partial charge in [-0.1, -0.05) is 5.16 Å². The number of aliphatic hydroxyl groups excluding tert-OH is 1. The van der Waals surface area contributed by atoms with E-state index in [-0.39, 0.29) is 17.3 Å². The van der Waals surface area contributed by atoms with Crippen LogP contribution in [0.3, 0.4) is 0 Å². The van der Waals surface area contributed by atoms with E-state index in [9.17, 15) is 18.3 Å². The summed E-state index contributed by atoms with van der Waals surface area (Å²) in [7, 11) is 0. The van der Waals surface area contributed by atoms with Crippen molar-refractivity contribution >= 4 is 11.3 Å². The molecule has 2 aromatic rings. The Kier molecular flexibility index (Phi) is 4.21. The summed E-state index contributed by atoms with van der Waals surface area (Å²) in [5, 5.41) is 13.9. The Morgan fingerprint density at radius 2 is 2.22 bits per heavy atom. The molecule has 0 amide bonds. The van der Waals surface area contributed by atoms with Gasteiger partial charge in [0.25, 0.3) is 0 Å². The summed E-state index contributed by atoms with van der Waals surface area (Å²) in [5.41, 5.74) is 5.92. The van der Waals surface area contributed by atoms with Crippen LogP contribution in [0.4, 0.5) is 13.2 Å². The highest BCUT2D eigenvalue weighted by Crippen LogP contribution is 2.39. The number of nitrogens with two attached hydrogens (primary N) is 1. The Balaban J connectivity index is 1.84. The molecule has 2 atom stereocenters. The van der Waals surface area contributed by atoms with Crippen LogP contribution in [0.2, 0.25) is 0 Å². The van der Waals surface area contributed by atoms with Gasteiger partial charge in [-0.25, -0.2) is 0 Å². The summed E-state index contributed by atoms with van der Waals surface area (Å²) in [6.45, 7) is 2.61. The number of halogens is 3. The van der Waals surface area contributed by atoms with Crippen LogP contribution in [0.1, 0.15) is 28.8 Å². The average Bonchev–Trinajstić information content (AvgIpc) is 3.15. The number of thiophene rings is 1. The normalized spacial score (nSPS) is 21.0. The molecule has 126 valence electrons. The molecule has 0 aliphatic carbocycles. The fourth-order valence-corrected chi connectivity index (χ4v) is 3.73. The first kappa shape index (κ1) is 16.4. The first-order valence-electron chi connectivity index (χ1n) is 7.08. The van der Waals surface area contributed by atoms with Crippen molar-refractivity contribution in [3.05, 3.63) is 28.3 Å². The second-order valence-corrected chi connectivity index (χ2v) is 6.72. The highest BCUT2D eigenvalue weighted by molar-refractivity contribution is 7.15. The minimum Gasteiger partial charge on any atom is -0.373 e. The third-order valence-corrected chi connectivity index (χ3v) is 5.03. The standard InChI is InChI=1S/C14H16F3N3O2S/c1-7-11(19-22-12(7)14(15,16)17)9-2-3-10(23-9)13(21)20-5-4-8(18)6-20/h2-3,8,13,21H,4-6,18H2,1H3/t8-,13?/m1/s1. The van der Waals surface area contributed by atoms with Gasteiger partial charge in [-0.3, -0.25) is 4.90 Å². The molecule has 1 fully saturated rings. The molecule has 9 heteroatoms. The molecule has 1 aliphatic rings. The lowest BCUT2D eigenvalue weighted by atomic mass is 10.2. The summed E-state index contributed by atoms with van der Waals surface area (Å²) >= 11 is 1.20. The first-order valence-corrected chi connectivity index (χ1v) is 7.90. The van der Waals surface area contributed by atoms with Crippen molar-refractivity contribution in [3.63, 3.8) is 0 Å². The fourth-order valence-electron chi connectivity index (χ4n) is 2.67. The lowest BCUT2D eigenvalue weighted by Crippen LogP contribution is -2.29. The van der Waals surface area contributed by atoms with Crippen molar-refractivity contribution in [2.45, 2.75) is 31.8 Å². The molecule has 23 heavy (non-hydrogen) atoms. The number of hydrogen-bond acceptors (Lipinski definition) is 6. The molecule has 0 saturated carbocycles. The van der Waals surface area contributed by atoms with Crippen molar-refractivity contribution in [3.8, 4) is 10.6 Å². The van der Waals surface area contributed by atoms with Crippen LogP contribution >= 0.6 is 11.3 Å². The Bertz CT molecular complexity index is 698. The van der Waals surface area contributed by atoms with Gasteiger partial charge in [-0.2, -0.15) is 13.2 Å². The van der Waals surface area contributed by atoms with Crippen LogP contribution < -0.4 is 5.73 Å². The van der Waals surface area contributed by atoms with Gasteiger partial charge in [-0.05, 0) is 25.5 Å². The molecule has 0 spiro atoms.